The zero-order chi connectivity index (χ0) is 28.4. The number of carbonyl (C=O) groups is 3. The molecule has 0 unspecified atom stereocenters. The van der Waals surface area contributed by atoms with E-state index in [4.69, 9.17) is 4.74 Å². The summed E-state index contributed by atoms with van der Waals surface area (Å²) in [5, 5.41) is 3.29. The minimum absolute atomic E-state index is 0. The molecule has 2 aliphatic rings. The van der Waals surface area contributed by atoms with Gasteiger partial charge >= 0.3 is 18.0 Å². The first-order chi connectivity index (χ1) is 18.6. The molecule has 0 radical (unpaired) electrons. The summed E-state index contributed by atoms with van der Waals surface area (Å²) in [6.07, 6.45) is 3.09. The van der Waals surface area contributed by atoms with Crippen LogP contribution in [0.1, 0.15) is 41.7 Å². The van der Waals surface area contributed by atoms with Gasteiger partial charge < -0.3 is 34.2 Å². The van der Waals surface area contributed by atoms with E-state index >= 15 is 0 Å². The predicted molar refractivity (Wildman–Crippen MR) is 154 cm³/mol. The number of nitrogens with one attached hydrogen (secondary N) is 1. The molecule has 40 heavy (non-hydrogen) atoms. The number of hydrogen-bond acceptors (Lipinski definition) is 11. The molecular weight excluding hydrogens is 540 g/mol. The SMILES string of the molecule is COC(=O)c1ccc(N2CCN(C(=O)OC(C)(C)C)CC2)cn1.COC(=O)c1ccc(N2CCNCC2)cn1.Cl. The molecule has 0 saturated carbocycles. The highest BCUT2D eigenvalue weighted by Gasteiger charge is 2.26. The second-order valence-corrected chi connectivity index (χ2v) is 9.98. The highest BCUT2D eigenvalue weighted by molar-refractivity contribution is 5.87. The summed E-state index contributed by atoms with van der Waals surface area (Å²) in [4.78, 5) is 48.9. The number of nitrogens with zero attached hydrogens (tertiary/aromatic N) is 5. The third kappa shape index (κ3) is 9.53. The number of anilines is 2. The van der Waals surface area contributed by atoms with Gasteiger partial charge in [-0.15, -0.1) is 12.4 Å². The topological polar surface area (TPSA) is 126 Å². The van der Waals surface area contributed by atoms with E-state index in [1.807, 2.05) is 32.9 Å². The number of amides is 1. The Morgan fingerprint density at radius 3 is 1.57 bits per heavy atom. The lowest BCUT2D eigenvalue weighted by atomic mass is 10.2. The number of pyridine rings is 2. The van der Waals surface area contributed by atoms with Gasteiger partial charge in [0, 0.05) is 52.4 Å². The van der Waals surface area contributed by atoms with Crippen LogP contribution in [0.25, 0.3) is 0 Å². The van der Waals surface area contributed by atoms with Crippen LogP contribution < -0.4 is 15.1 Å². The normalized spacial score (nSPS) is 15.2. The number of rotatable bonds is 4. The quantitative estimate of drug-likeness (QED) is 0.425. The number of carbonyl (C=O) groups excluding carboxylic acids is 3. The maximum atomic E-state index is 12.0. The lowest BCUT2D eigenvalue weighted by molar-refractivity contribution is 0.0240. The van der Waals surface area contributed by atoms with Crippen LogP contribution in [0, 0.1) is 0 Å². The van der Waals surface area contributed by atoms with Crippen molar-refractivity contribution in [1.82, 2.24) is 20.2 Å². The number of piperazine rings is 2. The zero-order valence-electron chi connectivity index (χ0n) is 23.7. The highest BCUT2D eigenvalue weighted by atomic mass is 35.5. The Morgan fingerprint density at radius 2 is 1.20 bits per heavy atom. The molecule has 2 saturated heterocycles. The molecule has 0 aliphatic carbocycles. The van der Waals surface area contributed by atoms with Gasteiger partial charge in [0.25, 0.3) is 0 Å². The first-order valence-electron chi connectivity index (χ1n) is 12.9. The molecule has 2 fully saturated rings. The summed E-state index contributed by atoms with van der Waals surface area (Å²) in [6.45, 7) is 12.1. The Labute approximate surface area is 241 Å². The van der Waals surface area contributed by atoms with Crippen molar-refractivity contribution in [2.24, 2.45) is 0 Å². The molecule has 0 atom stereocenters. The van der Waals surface area contributed by atoms with Gasteiger partial charge in [0.15, 0.2) is 0 Å². The third-order valence-corrected chi connectivity index (χ3v) is 6.06. The molecule has 1 N–H and O–H groups in total. The molecule has 1 amide bonds. The van der Waals surface area contributed by atoms with Gasteiger partial charge in [0.05, 0.1) is 38.0 Å². The van der Waals surface area contributed by atoms with Crippen molar-refractivity contribution in [3.05, 3.63) is 48.0 Å². The van der Waals surface area contributed by atoms with Crippen LogP contribution in [0.2, 0.25) is 0 Å². The minimum atomic E-state index is -0.484. The fourth-order valence-electron chi connectivity index (χ4n) is 3.99. The van der Waals surface area contributed by atoms with E-state index in [0.29, 0.717) is 31.9 Å². The monoisotopic (exact) mass is 578 g/mol. The van der Waals surface area contributed by atoms with Gasteiger partial charge in [0.2, 0.25) is 0 Å². The van der Waals surface area contributed by atoms with Crippen molar-refractivity contribution in [3.8, 4) is 0 Å². The molecule has 2 aromatic heterocycles. The molecule has 0 bridgehead atoms. The van der Waals surface area contributed by atoms with Gasteiger partial charge in [-0.1, -0.05) is 0 Å². The Morgan fingerprint density at radius 1 is 0.750 bits per heavy atom. The number of esters is 2. The standard InChI is InChI=1S/C16H23N3O4.C11H15N3O2.ClH/c1-16(2,3)23-15(21)19-9-7-18(8-10-19)12-5-6-13(17-11-12)14(20)22-4;1-16-11(15)10-3-2-9(8-13-10)14-6-4-12-5-7-14;/h5-6,11H,7-10H2,1-4H3;2-3,8,12H,4-7H2,1H3;1H. The Balaban J connectivity index is 0.000000290. The summed E-state index contributed by atoms with van der Waals surface area (Å²) in [5.41, 5.74) is 2.11. The van der Waals surface area contributed by atoms with Crippen LogP contribution in [0.15, 0.2) is 36.7 Å². The van der Waals surface area contributed by atoms with E-state index in [1.54, 1.807) is 29.4 Å². The fraction of sp³-hybridized carbons (Fsp3) is 0.519. The van der Waals surface area contributed by atoms with Crippen LogP contribution in [0.4, 0.5) is 16.2 Å². The summed E-state index contributed by atoms with van der Waals surface area (Å²) in [5.74, 6) is -0.849. The van der Waals surface area contributed by atoms with Crippen molar-refractivity contribution in [2.45, 2.75) is 26.4 Å². The molecule has 4 rings (SSSR count). The lowest BCUT2D eigenvalue weighted by Crippen LogP contribution is -2.50. The summed E-state index contributed by atoms with van der Waals surface area (Å²) in [7, 11) is 2.68. The molecule has 13 heteroatoms. The molecule has 12 nitrogen and oxygen atoms in total. The second kappa shape index (κ2) is 15.2. The lowest BCUT2D eigenvalue weighted by Gasteiger charge is -2.36. The van der Waals surface area contributed by atoms with Gasteiger partial charge in [0.1, 0.15) is 17.0 Å². The van der Waals surface area contributed by atoms with E-state index in [2.05, 4.69) is 34.6 Å². The first kappa shape index (κ1) is 32.6. The highest BCUT2D eigenvalue weighted by Crippen LogP contribution is 2.18. The molecule has 0 spiro atoms. The zero-order valence-corrected chi connectivity index (χ0v) is 24.5. The summed E-state index contributed by atoms with van der Waals surface area (Å²) < 4.78 is 14.6. The molecule has 0 aromatic carbocycles. The summed E-state index contributed by atoms with van der Waals surface area (Å²) >= 11 is 0. The van der Waals surface area contributed by atoms with Crippen molar-refractivity contribution in [2.75, 3.05) is 76.4 Å². The molecular formula is C27H39ClN6O6. The van der Waals surface area contributed by atoms with Gasteiger partial charge in [-0.2, -0.15) is 0 Å². The van der Waals surface area contributed by atoms with Crippen LogP contribution >= 0.6 is 12.4 Å². The van der Waals surface area contributed by atoms with Crippen molar-refractivity contribution in [3.63, 3.8) is 0 Å². The maximum absolute atomic E-state index is 12.0. The van der Waals surface area contributed by atoms with Crippen LogP contribution in [0.3, 0.4) is 0 Å². The fourth-order valence-corrected chi connectivity index (χ4v) is 3.99. The van der Waals surface area contributed by atoms with E-state index in [0.717, 1.165) is 37.6 Å². The molecule has 2 aliphatic heterocycles. The predicted octanol–water partition coefficient (Wildman–Crippen LogP) is 2.62. The minimum Gasteiger partial charge on any atom is -0.464 e. The molecule has 220 valence electrons. The van der Waals surface area contributed by atoms with Gasteiger partial charge in [-0.05, 0) is 45.0 Å². The largest absolute Gasteiger partial charge is 0.464 e. The van der Waals surface area contributed by atoms with Crippen LogP contribution in [0.5, 0.6) is 0 Å². The number of aromatic nitrogens is 2. The van der Waals surface area contributed by atoms with Gasteiger partial charge in [-0.3, -0.25) is 0 Å². The van der Waals surface area contributed by atoms with Crippen molar-refractivity contribution < 1.29 is 28.6 Å². The number of ether oxygens (including phenoxy) is 3. The second-order valence-electron chi connectivity index (χ2n) is 9.98. The Kier molecular flexibility index (Phi) is 12.4. The van der Waals surface area contributed by atoms with Crippen molar-refractivity contribution in [1.29, 1.82) is 0 Å². The van der Waals surface area contributed by atoms with E-state index in [-0.39, 0.29) is 24.2 Å². The Hall–Kier alpha value is -3.64. The maximum Gasteiger partial charge on any atom is 0.410 e. The molecule has 2 aromatic rings. The van der Waals surface area contributed by atoms with E-state index in [1.165, 1.54) is 14.2 Å². The number of halogens is 1. The smallest absolute Gasteiger partial charge is 0.410 e. The van der Waals surface area contributed by atoms with Crippen LogP contribution in [-0.4, -0.2) is 105 Å². The van der Waals surface area contributed by atoms with Crippen LogP contribution in [-0.2, 0) is 14.2 Å². The van der Waals surface area contributed by atoms with E-state index < -0.39 is 17.5 Å². The Bertz CT molecular complexity index is 1100. The first-order valence-corrected chi connectivity index (χ1v) is 12.9. The van der Waals surface area contributed by atoms with Gasteiger partial charge in [-0.25, -0.2) is 24.4 Å². The average molecular weight is 579 g/mol. The van der Waals surface area contributed by atoms with E-state index in [9.17, 15) is 14.4 Å². The number of methoxy groups -OCH3 is 2. The average Bonchev–Trinajstić information content (AvgIpc) is 2.96. The van der Waals surface area contributed by atoms with Crippen molar-refractivity contribution >= 4 is 41.8 Å². The summed E-state index contributed by atoms with van der Waals surface area (Å²) in [6, 6.07) is 7.08. The number of hydrogen-bond donors (Lipinski definition) is 1. The third-order valence-electron chi connectivity index (χ3n) is 6.06. The molecule has 4 heterocycles.